The Morgan fingerprint density at radius 2 is 1.70 bits per heavy atom. The molecule has 0 aliphatic carbocycles. The highest BCUT2D eigenvalue weighted by Crippen LogP contribution is 2.32. The molecular formula is C17H19Cl2N. The van der Waals surface area contributed by atoms with Gasteiger partial charge in [0, 0.05) is 21.8 Å². The van der Waals surface area contributed by atoms with E-state index in [1.54, 1.807) is 0 Å². The van der Waals surface area contributed by atoms with Crippen LogP contribution in [0.4, 0.5) is 0 Å². The fourth-order valence-electron chi connectivity index (χ4n) is 2.52. The lowest BCUT2D eigenvalue weighted by Crippen LogP contribution is -1.99. The number of hydrogen-bond acceptors (Lipinski definition) is 1. The first-order valence-electron chi connectivity index (χ1n) is 6.95. The van der Waals surface area contributed by atoms with Crippen LogP contribution in [0.1, 0.15) is 36.2 Å². The Balaban J connectivity index is 2.68. The zero-order valence-electron chi connectivity index (χ0n) is 12.1. The van der Waals surface area contributed by atoms with Gasteiger partial charge in [-0.05, 0) is 37.0 Å². The maximum absolute atomic E-state index is 6.35. The molecule has 0 aliphatic heterocycles. The molecule has 0 fully saturated rings. The average Bonchev–Trinajstić information content (AvgIpc) is 2.45. The summed E-state index contributed by atoms with van der Waals surface area (Å²) in [6.45, 7) is 6.30. The lowest BCUT2D eigenvalue weighted by molar-refractivity contribution is 1.07. The Labute approximate surface area is 131 Å². The van der Waals surface area contributed by atoms with E-state index in [2.05, 4.69) is 32.0 Å². The molecule has 1 aromatic heterocycles. The van der Waals surface area contributed by atoms with Crippen molar-refractivity contribution >= 4 is 23.2 Å². The Hall–Kier alpha value is -1.05. The van der Waals surface area contributed by atoms with Crippen LogP contribution in [-0.2, 0) is 18.7 Å². The lowest BCUT2D eigenvalue weighted by atomic mass is 9.94. The van der Waals surface area contributed by atoms with Crippen molar-refractivity contribution in [2.45, 2.75) is 39.5 Å². The third kappa shape index (κ3) is 2.84. The van der Waals surface area contributed by atoms with Crippen LogP contribution in [0.3, 0.4) is 0 Å². The van der Waals surface area contributed by atoms with Crippen molar-refractivity contribution in [1.29, 1.82) is 0 Å². The standard InChI is InChI=1S/C17H19Cl2N/c1-4-12-7-6-8-13(5-2)17(12)16-9-15(19)14(10-18)11(3)20-16/h6-9H,4-5,10H2,1-3H3. The van der Waals surface area contributed by atoms with Crippen LogP contribution in [-0.4, -0.2) is 4.98 Å². The molecule has 0 saturated carbocycles. The number of hydrogen-bond donors (Lipinski definition) is 0. The van der Waals surface area contributed by atoms with Gasteiger partial charge < -0.3 is 0 Å². The third-order valence-electron chi connectivity index (χ3n) is 3.67. The molecule has 1 nitrogen and oxygen atoms in total. The number of aryl methyl sites for hydroxylation is 3. The number of benzene rings is 1. The second kappa shape index (κ2) is 6.60. The Morgan fingerprint density at radius 3 is 2.15 bits per heavy atom. The van der Waals surface area contributed by atoms with Gasteiger partial charge in [-0.2, -0.15) is 0 Å². The fraction of sp³-hybridized carbons (Fsp3) is 0.353. The molecule has 2 rings (SSSR count). The molecule has 0 N–H and O–H groups in total. The van der Waals surface area contributed by atoms with Crippen molar-refractivity contribution in [1.82, 2.24) is 4.98 Å². The van der Waals surface area contributed by atoms with Crippen molar-refractivity contribution in [3.8, 4) is 11.3 Å². The SMILES string of the molecule is CCc1cccc(CC)c1-c1cc(Cl)c(CCl)c(C)n1. The quantitative estimate of drug-likeness (QED) is 0.672. The maximum Gasteiger partial charge on any atom is 0.0725 e. The molecule has 0 spiro atoms. The highest BCUT2D eigenvalue weighted by atomic mass is 35.5. The molecule has 106 valence electrons. The molecule has 0 unspecified atom stereocenters. The van der Waals surface area contributed by atoms with E-state index < -0.39 is 0 Å². The topological polar surface area (TPSA) is 12.9 Å². The van der Waals surface area contributed by atoms with Crippen LogP contribution in [0, 0.1) is 6.92 Å². The molecule has 0 radical (unpaired) electrons. The summed E-state index contributed by atoms with van der Waals surface area (Å²) in [7, 11) is 0. The summed E-state index contributed by atoms with van der Waals surface area (Å²) in [6.07, 6.45) is 1.97. The molecule has 0 saturated heterocycles. The Bertz CT molecular complexity index is 575. The molecule has 20 heavy (non-hydrogen) atoms. The minimum Gasteiger partial charge on any atom is -0.253 e. The highest BCUT2D eigenvalue weighted by Gasteiger charge is 2.14. The Morgan fingerprint density at radius 1 is 1.10 bits per heavy atom. The van der Waals surface area contributed by atoms with E-state index >= 15 is 0 Å². The smallest absolute Gasteiger partial charge is 0.0725 e. The first-order valence-corrected chi connectivity index (χ1v) is 7.86. The van der Waals surface area contributed by atoms with Crippen LogP contribution >= 0.6 is 23.2 Å². The first kappa shape index (κ1) is 15.3. The van der Waals surface area contributed by atoms with Crippen molar-refractivity contribution < 1.29 is 0 Å². The molecule has 2 aromatic rings. The second-order valence-corrected chi connectivity index (χ2v) is 5.52. The van der Waals surface area contributed by atoms with E-state index in [1.807, 2.05) is 13.0 Å². The summed E-state index contributed by atoms with van der Waals surface area (Å²) < 4.78 is 0. The molecule has 0 atom stereocenters. The molecule has 0 bridgehead atoms. The van der Waals surface area contributed by atoms with Crippen LogP contribution in [0.2, 0.25) is 5.02 Å². The van der Waals surface area contributed by atoms with E-state index in [9.17, 15) is 0 Å². The van der Waals surface area contributed by atoms with Crippen molar-refractivity contribution in [2.24, 2.45) is 0 Å². The zero-order valence-corrected chi connectivity index (χ0v) is 13.6. The number of aromatic nitrogens is 1. The average molecular weight is 308 g/mol. The lowest BCUT2D eigenvalue weighted by Gasteiger charge is -2.15. The molecule has 0 amide bonds. The van der Waals surface area contributed by atoms with Crippen molar-refractivity contribution in [3.63, 3.8) is 0 Å². The van der Waals surface area contributed by atoms with Gasteiger partial charge in [0.15, 0.2) is 0 Å². The summed E-state index contributed by atoms with van der Waals surface area (Å²) in [5, 5.41) is 0.704. The number of nitrogens with zero attached hydrogens (tertiary/aromatic N) is 1. The van der Waals surface area contributed by atoms with Gasteiger partial charge in [-0.25, -0.2) is 0 Å². The molecule has 3 heteroatoms. The Kier molecular flexibility index (Phi) is 5.06. The van der Waals surface area contributed by atoms with Crippen LogP contribution in [0.25, 0.3) is 11.3 Å². The van der Waals surface area contributed by atoms with E-state index in [0.717, 1.165) is 29.8 Å². The van der Waals surface area contributed by atoms with Crippen LogP contribution in [0.15, 0.2) is 24.3 Å². The number of pyridine rings is 1. The van der Waals surface area contributed by atoms with Crippen molar-refractivity contribution in [2.75, 3.05) is 0 Å². The maximum atomic E-state index is 6.35. The second-order valence-electron chi connectivity index (χ2n) is 4.85. The van der Waals surface area contributed by atoms with Gasteiger partial charge in [0.25, 0.3) is 0 Å². The normalized spacial score (nSPS) is 10.8. The van der Waals surface area contributed by atoms with Gasteiger partial charge >= 0.3 is 0 Å². The number of halogens is 2. The predicted molar refractivity (Wildman–Crippen MR) is 87.7 cm³/mol. The van der Waals surface area contributed by atoms with Gasteiger partial charge in [-0.3, -0.25) is 4.98 Å². The largest absolute Gasteiger partial charge is 0.253 e. The molecule has 0 aliphatic rings. The molecule has 1 aromatic carbocycles. The molecular weight excluding hydrogens is 289 g/mol. The van der Waals surface area contributed by atoms with Gasteiger partial charge in [-0.15, -0.1) is 11.6 Å². The van der Waals surface area contributed by atoms with E-state index in [0.29, 0.717) is 10.9 Å². The summed E-state index contributed by atoms with van der Waals surface area (Å²) in [4.78, 5) is 4.72. The molecule has 1 heterocycles. The fourth-order valence-corrected chi connectivity index (χ4v) is 3.23. The number of alkyl halides is 1. The van der Waals surface area contributed by atoms with Gasteiger partial charge in [0.05, 0.1) is 11.6 Å². The van der Waals surface area contributed by atoms with E-state index in [-0.39, 0.29) is 0 Å². The summed E-state index contributed by atoms with van der Waals surface area (Å²) in [5.41, 5.74) is 6.63. The van der Waals surface area contributed by atoms with Crippen LogP contribution in [0.5, 0.6) is 0 Å². The van der Waals surface area contributed by atoms with Gasteiger partial charge in [0.2, 0.25) is 0 Å². The number of rotatable bonds is 4. The van der Waals surface area contributed by atoms with Crippen molar-refractivity contribution in [3.05, 3.63) is 51.7 Å². The highest BCUT2D eigenvalue weighted by molar-refractivity contribution is 6.32. The van der Waals surface area contributed by atoms with E-state index in [4.69, 9.17) is 28.2 Å². The third-order valence-corrected chi connectivity index (χ3v) is 4.27. The van der Waals surface area contributed by atoms with Gasteiger partial charge in [0.1, 0.15) is 0 Å². The minimum atomic E-state index is 0.397. The van der Waals surface area contributed by atoms with E-state index in [1.165, 1.54) is 16.7 Å². The minimum absolute atomic E-state index is 0.397. The first-order chi connectivity index (χ1) is 9.62. The summed E-state index contributed by atoms with van der Waals surface area (Å²) in [6, 6.07) is 8.38. The monoisotopic (exact) mass is 307 g/mol. The van der Waals surface area contributed by atoms with Crippen LogP contribution < -0.4 is 0 Å². The predicted octanol–water partition coefficient (Wildman–Crippen LogP) is 5.57. The summed E-state index contributed by atoms with van der Waals surface area (Å²) in [5.74, 6) is 0.397. The zero-order chi connectivity index (χ0) is 14.7. The summed E-state index contributed by atoms with van der Waals surface area (Å²) >= 11 is 12.3. The van der Waals surface area contributed by atoms with Gasteiger partial charge in [-0.1, -0.05) is 43.6 Å².